The molecule has 180 valence electrons. The molecule has 3 aliphatic heterocycles. The third-order valence-corrected chi connectivity index (χ3v) is 7.39. The van der Waals surface area contributed by atoms with E-state index in [9.17, 15) is 24.0 Å². The van der Waals surface area contributed by atoms with Crippen LogP contribution in [0.25, 0.3) is 0 Å². The van der Waals surface area contributed by atoms with Crippen molar-refractivity contribution in [1.29, 1.82) is 5.26 Å². The number of para-hydroxylation sites is 1. The van der Waals surface area contributed by atoms with Crippen molar-refractivity contribution in [3.05, 3.63) is 64.2 Å². The third-order valence-electron chi connectivity index (χ3n) is 7.16. The van der Waals surface area contributed by atoms with Gasteiger partial charge in [-0.3, -0.25) is 14.4 Å². The summed E-state index contributed by atoms with van der Waals surface area (Å²) in [6.45, 7) is 2.83. The lowest BCUT2D eigenvalue weighted by Gasteiger charge is -2.34. The molecule has 1 N–H and O–H groups in total. The topological polar surface area (TPSA) is 93.5 Å². The van der Waals surface area contributed by atoms with Crippen molar-refractivity contribution < 1.29 is 18.8 Å². The molecule has 0 radical (unpaired) electrons. The maximum atomic E-state index is 14.9. The van der Waals surface area contributed by atoms with Gasteiger partial charge in [0.05, 0.1) is 11.5 Å². The number of amides is 3. The van der Waals surface area contributed by atoms with Crippen LogP contribution in [0.15, 0.2) is 42.5 Å². The van der Waals surface area contributed by atoms with Crippen molar-refractivity contribution in [3.8, 4) is 6.07 Å². The predicted octanol–water partition coefficient (Wildman–Crippen LogP) is 3.82. The van der Waals surface area contributed by atoms with E-state index in [4.69, 9.17) is 11.6 Å². The Hall–Kier alpha value is -3.44. The van der Waals surface area contributed by atoms with Crippen molar-refractivity contribution in [1.82, 2.24) is 9.80 Å². The van der Waals surface area contributed by atoms with Gasteiger partial charge in [0.15, 0.2) is 0 Å². The standard InChI is InChI=1S/C26H24ClFN4O3/c1-25(2,28)11-21(31-13-15-7-8-16(27)9-18(15)22(31)33)23(34)32-14-26(10-17(32)12-29)19-5-3-4-6-20(19)30-24(26)35/h3-9,17,21H,10-11,13-14H2,1-2H3,(H,30,35)/t17-,21-,26-/m0/s1. The Kier molecular flexibility index (Phi) is 5.37. The van der Waals surface area contributed by atoms with Gasteiger partial charge < -0.3 is 15.1 Å². The second-order valence-electron chi connectivity index (χ2n) is 10.1. The summed E-state index contributed by atoms with van der Waals surface area (Å²) in [6.07, 6.45) is -0.114. The lowest BCUT2D eigenvalue weighted by Crippen LogP contribution is -2.52. The van der Waals surface area contributed by atoms with Crippen LogP contribution in [0.5, 0.6) is 0 Å². The Balaban J connectivity index is 1.50. The number of carbonyl (C=O) groups is 3. The molecule has 0 unspecified atom stereocenters. The fraction of sp³-hybridized carbons (Fsp3) is 0.385. The number of nitriles is 1. The number of anilines is 1. The molecule has 9 heteroatoms. The SMILES string of the molecule is CC(C)(F)C[C@@H](C(=O)N1C[C@]2(C[C@H]1C#N)C(=O)Nc1ccccc12)N1Cc2ccc(Cl)cc2C1=O. The minimum Gasteiger partial charge on any atom is -0.325 e. The Labute approximate surface area is 207 Å². The fourth-order valence-corrected chi connectivity index (χ4v) is 5.69. The van der Waals surface area contributed by atoms with Gasteiger partial charge in [0.1, 0.15) is 17.8 Å². The maximum Gasteiger partial charge on any atom is 0.255 e. The molecule has 0 aliphatic carbocycles. The highest BCUT2D eigenvalue weighted by atomic mass is 35.5. The van der Waals surface area contributed by atoms with Gasteiger partial charge in [-0.25, -0.2) is 4.39 Å². The number of hydrogen-bond donors (Lipinski definition) is 1. The molecule has 0 aromatic heterocycles. The summed E-state index contributed by atoms with van der Waals surface area (Å²) in [5.41, 5.74) is -0.342. The number of halogens is 2. The average Bonchev–Trinajstić information content (AvgIpc) is 3.44. The fourth-order valence-electron chi connectivity index (χ4n) is 5.52. The molecule has 35 heavy (non-hydrogen) atoms. The van der Waals surface area contributed by atoms with Gasteiger partial charge >= 0.3 is 0 Å². The first-order chi connectivity index (χ1) is 16.5. The van der Waals surface area contributed by atoms with Crippen LogP contribution in [0.3, 0.4) is 0 Å². The summed E-state index contributed by atoms with van der Waals surface area (Å²) in [5.74, 6) is -1.21. The monoisotopic (exact) mass is 494 g/mol. The van der Waals surface area contributed by atoms with E-state index in [1.807, 2.05) is 12.1 Å². The number of rotatable bonds is 4. The number of nitrogens with one attached hydrogen (secondary N) is 1. The Morgan fingerprint density at radius 2 is 2.06 bits per heavy atom. The lowest BCUT2D eigenvalue weighted by molar-refractivity contribution is -0.138. The van der Waals surface area contributed by atoms with Crippen LogP contribution in [-0.4, -0.2) is 51.8 Å². The quantitative estimate of drug-likeness (QED) is 0.699. The minimum atomic E-state index is -1.76. The normalized spacial score (nSPS) is 23.8. The third kappa shape index (κ3) is 3.75. The molecule has 3 heterocycles. The first-order valence-corrected chi connectivity index (χ1v) is 11.8. The van der Waals surface area contributed by atoms with Crippen molar-refractivity contribution >= 4 is 35.0 Å². The Morgan fingerprint density at radius 1 is 1.31 bits per heavy atom. The van der Waals surface area contributed by atoms with Gasteiger partial charge in [-0.15, -0.1) is 0 Å². The van der Waals surface area contributed by atoms with E-state index in [0.717, 1.165) is 5.56 Å². The molecule has 5 rings (SSSR count). The van der Waals surface area contributed by atoms with Crippen LogP contribution < -0.4 is 5.32 Å². The number of carbonyl (C=O) groups excluding carboxylic acids is 3. The second kappa shape index (κ2) is 8.06. The summed E-state index contributed by atoms with van der Waals surface area (Å²) in [5, 5.41) is 13.2. The zero-order valence-electron chi connectivity index (χ0n) is 19.3. The van der Waals surface area contributed by atoms with E-state index in [-0.39, 0.29) is 31.8 Å². The lowest BCUT2D eigenvalue weighted by atomic mass is 9.80. The molecule has 3 aliphatic rings. The number of likely N-dealkylation sites (tertiary alicyclic amines) is 1. The van der Waals surface area contributed by atoms with E-state index >= 15 is 0 Å². The molecular formula is C26H24ClFN4O3. The molecule has 0 saturated carbocycles. The zero-order chi connectivity index (χ0) is 25.1. The van der Waals surface area contributed by atoms with Crippen molar-refractivity contribution in [2.24, 2.45) is 0 Å². The summed E-state index contributed by atoms with van der Waals surface area (Å²) in [7, 11) is 0. The van der Waals surface area contributed by atoms with Crippen molar-refractivity contribution in [3.63, 3.8) is 0 Å². The summed E-state index contributed by atoms with van der Waals surface area (Å²) < 4.78 is 14.9. The molecule has 3 atom stereocenters. The van der Waals surface area contributed by atoms with Crippen LogP contribution in [0.2, 0.25) is 5.02 Å². The largest absolute Gasteiger partial charge is 0.325 e. The summed E-state index contributed by atoms with van der Waals surface area (Å²) in [6, 6.07) is 12.3. The Morgan fingerprint density at radius 3 is 2.77 bits per heavy atom. The van der Waals surface area contributed by atoms with Crippen LogP contribution in [-0.2, 0) is 21.5 Å². The number of hydrogen-bond acceptors (Lipinski definition) is 4. The van der Waals surface area contributed by atoms with Crippen molar-refractivity contribution in [2.75, 3.05) is 11.9 Å². The van der Waals surface area contributed by atoms with Gasteiger partial charge in [-0.1, -0.05) is 35.9 Å². The van der Waals surface area contributed by atoms with E-state index in [1.165, 1.54) is 23.6 Å². The van der Waals surface area contributed by atoms with Gasteiger partial charge in [-0.2, -0.15) is 5.26 Å². The molecule has 1 saturated heterocycles. The highest BCUT2D eigenvalue weighted by Crippen LogP contribution is 2.46. The molecule has 1 spiro atoms. The number of fused-ring (bicyclic) bond motifs is 3. The molecule has 0 bridgehead atoms. The molecule has 1 fully saturated rings. The van der Waals surface area contributed by atoms with Crippen LogP contribution in [0, 0.1) is 11.3 Å². The first kappa shape index (κ1) is 23.3. The van der Waals surface area contributed by atoms with E-state index in [1.54, 1.807) is 30.3 Å². The highest BCUT2D eigenvalue weighted by Gasteiger charge is 2.57. The molecule has 7 nitrogen and oxygen atoms in total. The maximum absolute atomic E-state index is 14.9. The van der Waals surface area contributed by atoms with Crippen LogP contribution in [0.4, 0.5) is 10.1 Å². The van der Waals surface area contributed by atoms with Gasteiger partial charge in [-0.05, 0) is 43.2 Å². The van der Waals surface area contributed by atoms with Gasteiger partial charge in [0.2, 0.25) is 11.8 Å². The van der Waals surface area contributed by atoms with Gasteiger partial charge in [0, 0.05) is 42.2 Å². The van der Waals surface area contributed by atoms with Crippen molar-refractivity contribution in [2.45, 2.75) is 56.4 Å². The molecule has 3 amide bonds. The molecule has 2 aromatic rings. The predicted molar refractivity (Wildman–Crippen MR) is 127 cm³/mol. The summed E-state index contributed by atoms with van der Waals surface area (Å²) in [4.78, 5) is 43.0. The molecule has 2 aromatic carbocycles. The summed E-state index contributed by atoms with van der Waals surface area (Å²) >= 11 is 6.07. The second-order valence-corrected chi connectivity index (χ2v) is 10.5. The first-order valence-electron chi connectivity index (χ1n) is 11.4. The number of alkyl halides is 1. The zero-order valence-corrected chi connectivity index (χ0v) is 20.1. The number of nitrogens with zero attached hydrogens (tertiary/aromatic N) is 3. The Bertz CT molecular complexity index is 1300. The van der Waals surface area contributed by atoms with Crippen LogP contribution >= 0.6 is 11.6 Å². The molecular weight excluding hydrogens is 471 g/mol. The van der Waals surface area contributed by atoms with E-state index in [0.29, 0.717) is 21.8 Å². The minimum absolute atomic E-state index is 0.0169. The smallest absolute Gasteiger partial charge is 0.255 e. The number of benzene rings is 2. The van der Waals surface area contributed by atoms with Crippen LogP contribution in [0.1, 0.15) is 48.2 Å². The highest BCUT2D eigenvalue weighted by molar-refractivity contribution is 6.31. The van der Waals surface area contributed by atoms with E-state index < -0.39 is 35.0 Å². The van der Waals surface area contributed by atoms with E-state index in [2.05, 4.69) is 11.4 Å². The van der Waals surface area contributed by atoms with Gasteiger partial charge in [0.25, 0.3) is 5.91 Å². The average molecular weight is 495 g/mol.